The van der Waals surface area contributed by atoms with Gasteiger partial charge in [-0.25, -0.2) is 19.0 Å². The number of carbonyl (C=O) groups is 2. The maximum atomic E-state index is 14.0. The fourth-order valence-corrected chi connectivity index (χ4v) is 5.47. The first-order valence-electron chi connectivity index (χ1n) is 13.8. The van der Waals surface area contributed by atoms with Crippen LogP contribution in [0.5, 0.6) is 0 Å². The van der Waals surface area contributed by atoms with Crippen molar-refractivity contribution in [3.63, 3.8) is 0 Å². The summed E-state index contributed by atoms with van der Waals surface area (Å²) in [6, 6.07) is 11.2. The molecule has 4 aromatic heterocycles. The molecule has 11 nitrogen and oxygen atoms in total. The number of benzene rings is 1. The van der Waals surface area contributed by atoms with E-state index in [2.05, 4.69) is 27.3 Å². The predicted octanol–water partition coefficient (Wildman–Crippen LogP) is 5.24. The van der Waals surface area contributed by atoms with Gasteiger partial charge in [0.05, 0.1) is 23.6 Å². The van der Waals surface area contributed by atoms with Gasteiger partial charge in [-0.3, -0.25) is 9.69 Å². The number of amides is 1. The molecule has 1 N–H and O–H groups in total. The molecule has 1 amide bonds. The van der Waals surface area contributed by atoms with Crippen molar-refractivity contribution in [3.05, 3.63) is 77.6 Å². The average molecular weight is 554 g/mol. The maximum Gasteiger partial charge on any atom is 0.341 e. The van der Waals surface area contributed by atoms with Crippen LogP contribution >= 0.6 is 0 Å². The zero-order chi connectivity index (χ0) is 28.7. The van der Waals surface area contributed by atoms with Crippen LogP contribution in [0.3, 0.4) is 0 Å². The summed E-state index contributed by atoms with van der Waals surface area (Å²) in [7, 11) is 0. The fraction of sp³-hybridized carbons (Fsp3) is 0.333. The van der Waals surface area contributed by atoms with E-state index in [1.807, 2.05) is 49.5 Å². The summed E-state index contributed by atoms with van der Waals surface area (Å²) in [5.74, 6) is -0.209. The molecule has 0 unspecified atom stereocenters. The van der Waals surface area contributed by atoms with Gasteiger partial charge in [0.1, 0.15) is 11.3 Å². The van der Waals surface area contributed by atoms with Crippen molar-refractivity contribution in [1.82, 2.24) is 29.5 Å². The topological polar surface area (TPSA) is 132 Å². The van der Waals surface area contributed by atoms with Crippen molar-refractivity contribution < 1.29 is 19.2 Å². The van der Waals surface area contributed by atoms with Crippen LogP contribution in [0.25, 0.3) is 22.6 Å². The molecule has 6 rings (SSSR count). The molecule has 41 heavy (non-hydrogen) atoms. The van der Waals surface area contributed by atoms with E-state index < -0.39 is 5.97 Å². The molecule has 5 aromatic rings. The average Bonchev–Trinajstić information content (AvgIpc) is 3.69. The quantitative estimate of drug-likeness (QED) is 0.289. The molecule has 1 aliphatic rings. The molecule has 0 aliphatic heterocycles. The molecule has 11 heteroatoms. The highest BCUT2D eigenvalue weighted by atomic mass is 16.5. The highest BCUT2D eigenvalue weighted by Gasteiger charge is 2.34. The molecule has 1 fully saturated rings. The minimum atomic E-state index is -1.16. The summed E-state index contributed by atoms with van der Waals surface area (Å²) in [5.41, 5.74) is 4.40. The fourth-order valence-electron chi connectivity index (χ4n) is 5.47. The Balaban J connectivity index is 1.36. The number of carboxylic acids is 1. The number of hydrogen-bond acceptors (Lipinski definition) is 7. The Labute approximate surface area is 236 Å². The molecule has 0 spiro atoms. The second kappa shape index (κ2) is 10.6. The van der Waals surface area contributed by atoms with Crippen molar-refractivity contribution >= 4 is 23.3 Å². The number of aryl methyl sites for hydroxylation is 2. The van der Waals surface area contributed by atoms with E-state index in [1.54, 1.807) is 17.6 Å². The van der Waals surface area contributed by atoms with E-state index in [4.69, 9.17) is 4.52 Å². The zero-order valence-electron chi connectivity index (χ0n) is 23.2. The van der Waals surface area contributed by atoms with Crippen LogP contribution in [0.1, 0.15) is 60.0 Å². The molecule has 0 radical (unpaired) electrons. The van der Waals surface area contributed by atoms with Gasteiger partial charge >= 0.3 is 5.97 Å². The van der Waals surface area contributed by atoms with E-state index >= 15 is 0 Å². The normalized spacial score (nSPS) is 17.1. The molecule has 1 aliphatic carbocycles. The summed E-state index contributed by atoms with van der Waals surface area (Å²) < 4.78 is 8.56. The second-order valence-electron chi connectivity index (χ2n) is 10.8. The van der Waals surface area contributed by atoms with Gasteiger partial charge in [-0.2, -0.15) is 5.10 Å². The Morgan fingerprint density at radius 3 is 2.51 bits per heavy atom. The van der Waals surface area contributed by atoms with Crippen LogP contribution in [0.4, 0.5) is 5.82 Å². The van der Waals surface area contributed by atoms with Crippen molar-refractivity contribution in [2.75, 3.05) is 4.90 Å². The van der Waals surface area contributed by atoms with E-state index in [9.17, 15) is 14.7 Å². The number of aromatic carboxylic acids is 1. The van der Waals surface area contributed by atoms with Crippen LogP contribution in [0.15, 0.2) is 59.5 Å². The lowest BCUT2D eigenvalue weighted by molar-refractivity contribution is -0.123. The Morgan fingerprint density at radius 2 is 1.85 bits per heavy atom. The Hall–Kier alpha value is -4.80. The van der Waals surface area contributed by atoms with E-state index in [1.165, 1.54) is 15.8 Å². The van der Waals surface area contributed by atoms with Crippen molar-refractivity contribution in [2.45, 2.75) is 53.0 Å². The van der Waals surface area contributed by atoms with E-state index in [0.29, 0.717) is 23.1 Å². The number of aromatic nitrogens is 6. The summed E-state index contributed by atoms with van der Waals surface area (Å²) in [5, 5.41) is 23.4. The number of carboxylic acid groups (broad SMARTS) is 1. The summed E-state index contributed by atoms with van der Waals surface area (Å²) in [6.07, 6.45) is 8.46. The molecule has 0 atom stereocenters. The van der Waals surface area contributed by atoms with E-state index in [-0.39, 0.29) is 29.8 Å². The van der Waals surface area contributed by atoms with Crippen molar-refractivity contribution in [1.29, 1.82) is 0 Å². The van der Waals surface area contributed by atoms with Gasteiger partial charge in [0.15, 0.2) is 11.5 Å². The number of rotatable bonds is 7. The van der Waals surface area contributed by atoms with Gasteiger partial charge in [0, 0.05) is 41.7 Å². The third kappa shape index (κ3) is 5.10. The predicted molar refractivity (Wildman–Crippen MR) is 151 cm³/mol. The Bertz CT molecular complexity index is 1670. The van der Waals surface area contributed by atoms with Crippen molar-refractivity contribution in [3.8, 4) is 16.9 Å². The number of carbonyl (C=O) groups excluding carboxylic acids is 1. The van der Waals surface area contributed by atoms with Crippen molar-refractivity contribution in [2.24, 2.45) is 11.8 Å². The zero-order valence-corrected chi connectivity index (χ0v) is 23.2. The smallest absolute Gasteiger partial charge is 0.341 e. The molecule has 4 heterocycles. The monoisotopic (exact) mass is 553 g/mol. The molecular weight excluding hydrogens is 522 g/mol. The molecule has 210 valence electrons. The standard InChI is InChI=1S/C30H31N7O4/c1-18-5-7-22(8-6-18)29(38)35(16-24-19(2)34-41-20(24)3)28-25(30(39)40)17-37(33-28)23-11-9-21(10-12-23)26-15-27-31-13-4-14-36(27)32-26/h4,9-15,17-18,22H,5-8,16H2,1-3H3,(H,39,40). The lowest BCUT2D eigenvalue weighted by atomic mass is 9.82. The third-order valence-electron chi connectivity index (χ3n) is 7.97. The number of fused-ring (bicyclic) bond motifs is 1. The Morgan fingerprint density at radius 1 is 1.10 bits per heavy atom. The summed E-state index contributed by atoms with van der Waals surface area (Å²) in [6.45, 7) is 5.93. The van der Waals surface area contributed by atoms with Gasteiger partial charge in [-0.05, 0) is 63.6 Å². The highest BCUT2D eigenvalue weighted by Crippen LogP contribution is 2.33. The van der Waals surface area contributed by atoms with E-state index in [0.717, 1.165) is 48.2 Å². The molecule has 0 bridgehead atoms. The maximum absolute atomic E-state index is 14.0. The van der Waals surface area contributed by atoms with Crippen LogP contribution in [-0.2, 0) is 11.3 Å². The third-order valence-corrected chi connectivity index (χ3v) is 7.97. The van der Waals surface area contributed by atoms with Gasteiger partial charge in [0.25, 0.3) is 0 Å². The first-order chi connectivity index (χ1) is 19.8. The molecular formula is C30H31N7O4. The molecule has 1 saturated carbocycles. The highest BCUT2D eigenvalue weighted by molar-refractivity contribution is 6.01. The largest absolute Gasteiger partial charge is 0.477 e. The van der Waals surface area contributed by atoms with Crippen LogP contribution in [-0.4, -0.2) is 46.5 Å². The lowest BCUT2D eigenvalue weighted by Crippen LogP contribution is -2.38. The number of nitrogens with zero attached hydrogens (tertiary/aromatic N) is 7. The van der Waals surface area contributed by atoms with Gasteiger partial charge in [-0.1, -0.05) is 24.2 Å². The van der Waals surface area contributed by atoms with Gasteiger partial charge in [-0.15, -0.1) is 5.10 Å². The SMILES string of the molecule is Cc1noc(C)c1CN(C(=O)C1CCC(C)CC1)c1nn(-c2ccc(-c3cc4ncccn4n3)cc2)cc1C(=O)O. The summed E-state index contributed by atoms with van der Waals surface area (Å²) >= 11 is 0. The van der Waals surface area contributed by atoms with Crippen LogP contribution in [0.2, 0.25) is 0 Å². The van der Waals surface area contributed by atoms with Crippen LogP contribution < -0.4 is 4.90 Å². The molecule has 1 aromatic carbocycles. The molecule has 0 saturated heterocycles. The first kappa shape index (κ1) is 26.4. The first-order valence-corrected chi connectivity index (χ1v) is 13.8. The van der Waals surface area contributed by atoms with Gasteiger partial charge < -0.3 is 9.63 Å². The number of anilines is 1. The summed E-state index contributed by atoms with van der Waals surface area (Å²) in [4.78, 5) is 32.2. The van der Waals surface area contributed by atoms with Gasteiger partial charge in [0.2, 0.25) is 5.91 Å². The Kier molecular flexibility index (Phi) is 6.86. The lowest BCUT2D eigenvalue weighted by Gasteiger charge is -2.30. The minimum Gasteiger partial charge on any atom is -0.477 e. The minimum absolute atomic E-state index is 0.0511. The number of hydrogen-bond donors (Lipinski definition) is 1. The van der Waals surface area contributed by atoms with Crippen LogP contribution in [0, 0.1) is 25.7 Å². The second-order valence-corrected chi connectivity index (χ2v) is 10.8.